The number of ether oxygens (including phenoxy) is 1. The van der Waals surface area contributed by atoms with E-state index in [1.807, 2.05) is 0 Å². The number of aromatic nitrogens is 1. The van der Waals surface area contributed by atoms with Gasteiger partial charge in [0.15, 0.2) is 0 Å². The average Bonchev–Trinajstić information content (AvgIpc) is 2.40. The van der Waals surface area contributed by atoms with Crippen molar-refractivity contribution in [2.24, 2.45) is 11.3 Å². The second kappa shape index (κ2) is 5.04. The summed E-state index contributed by atoms with van der Waals surface area (Å²) in [4.78, 5) is 14.1. The van der Waals surface area contributed by atoms with Crippen molar-refractivity contribution in [1.29, 1.82) is 0 Å². The molecule has 0 unspecified atom stereocenters. The van der Waals surface area contributed by atoms with Crippen molar-refractivity contribution in [2.75, 3.05) is 0 Å². The Labute approximate surface area is 118 Å². The van der Waals surface area contributed by atoms with Gasteiger partial charge in [-0.25, -0.2) is 4.98 Å². The van der Waals surface area contributed by atoms with Crippen LogP contribution in [0.15, 0.2) is 18.3 Å². The van der Waals surface area contributed by atoms with Gasteiger partial charge in [-0.05, 0) is 49.9 Å². The van der Waals surface area contributed by atoms with Crippen LogP contribution in [0.25, 0.3) is 0 Å². The van der Waals surface area contributed by atoms with Crippen LogP contribution in [0.1, 0.15) is 45.4 Å². The molecular formula is C15H20N2O3. The van der Waals surface area contributed by atoms with Crippen LogP contribution in [-0.4, -0.2) is 16.0 Å². The van der Waals surface area contributed by atoms with Gasteiger partial charge >= 0.3 is 0 Å². The van der Waals surface area contributed by atoms with E-state index < -0.39 is 4.92 Å². The van der Waals surface area contributed by atoms with Gasteiger partial charge < -0.3 is 4.74 Å². The van der Waals surface area contributed by atoms with Gasteiger partial charge in [-0.3, -0.25) is 10.1 Å². The minimum absolute atomic E-state index is 0.00315. The van der Waals surface area contributed by atoms with Crippen molar-refractivity contribution in [2.45, 2.75) is 51.6 Å². The normalized spacial score (nSPS) is 32.6. The molecule has 3 rings (SSSR count). The lowest BCUT2D eigenvalue weighted by molar-refractivity contribution is -0.385. The van der Waals surface area contributed by atoms with Gasteiger partial charge in [-0.2, -0.15) is 0 Å². The van der Waals surface area contributed by atoms with Crippen molar-refractivity contribution in [3.63, 3.8) is 0 Å². The summed E-state index contributed by atoms with van der Waals surface area (Å²) in [5.74, 6) is 1.39. The highest BCUT2D eigenvalue weighted by molar-refractivity contribution is 5.29. The lowest BCUT2D eigenvalue weighted by atomic mass is 9.56. The van der Waals surface area contributed by atoms with Crippen molar-refractivity contribution in [1.82, 2.24) is 4.98 Å². The van der Waals surface area contributed by atoms with E-state index in [0.29, 0.717) is 11.3 Å². The third-order valence-electron chi connectivity index (χ3n) is 4.78. The average molecular weight is 276 g/mol. The number of pyridine rings is 1. The number of hydrogen-bond donors (Lipinski definition) is 0. The van der Waals surface area contributed by atoms with Crippen LogP contribution in [0.2, 0.25) is 0 Å². The molecule has 2 aliphatic rings. The van der Waals surface area contributed by atoms with Crippen LogP contribution in [-0.2, 0) is 0 Å². The first-order valence-corrected chi connectivity index (χ1v) is 7.33. The van der Waals surface area contributed by atoms with E-state index >= 15 is 0 Å². The van der Waals surface area contributed by atoms with Crippen molar-refractivity contribution in [3.8, 4) is 5.88 Å². The SMILES string of the molecule is CC1CC2(CCC(Oc3ccc([N+](=O)[O-])cn3)CC2)C1. The Hall–Kier alpha value is -1.65. The van der Waals surface area contributed by atoms with Gasteiger partial charge in [0, 0.05) is 12.1 Å². The van der Waals surface area contributed by atoms with Gasteiger partial charge in [0.05, 0.1) is 4.92 Å². The summed E-state index contributed by atoms with van der Waals surface area (Å²) in [6.07, 6.45) is 8.85. The Morgan fingerprint density at radius 2 is 2.05 bits per heavy atom. The molecule has 0 amide bonds. The first-order chi connectivity index (χ1) is 9.56. The summed E-state index contributed by atoms with van der Waals surface area (Å²) in [7, 11) is 0. The van der Waals surface area contributed by atoms with Crippen LogP contribution in [0, 0.1) is 21.4 Å². The minimum Gasteiger partial charge on any atom is -0.474 e. The van der Waals surface area contributed by atoms with Gasteiger partial charge in [0.2, 0.25) is 5.88 Å². The molecule has 0 bridgehead atoms. The molecule has 1 aromatic rings. The molecule has 2 fully saturated rings. The molecule has 0 aliphatic heterocycles. The molecule has 0 N–H and O–H groups in total. The second-order valence-corrected chi connectivity index (χ2v) is 6.44. The van der Waals surface area contributed by atoms with E-state index in [-0.39, 0.29) is 11.8 Å². The Morgan fingerprint density at radius 1 is 1.35 bits per heavy atom. The van der Waals surface area contributed by atoms with Crippen molar-refractivity contribution >= 4 is 5.69 Å². The third kappa shape index (κ3) is 2.62. The summed E-state index contributed by atoms with van der Waals surface area (Å²) in [6.45, 7) is 2.33. The number of hydrogen-bond acceptors (Lipinski definition) is 4. The molecule has 2 saturated carbocycles. The Morgan fingerprint density at radius 3 is 2.55 bits per heavy atom. The molecule has 5 nitrogen and oxygen atoms in total. The molecule has 0 saturated heterocycles. The fraction of sp³-hybridized carbons (Fsp3) is 0.667. The predicted octanol–water partition coefficient (Wildman–Crippen LogP) is 3.73. The Bertz CT molecular complexity index is 484. The fourth-order valence-corrected chi connectivity index (χ4v) is 3.87. The quantitative estimate of drug-likeness (QED) is 0.623. The number of nitro groups is 1. The van der Waals surface area contributed by atoms with Gasteiger partial charge in [-0.15, -0.1) is 0 Å². The lowest BCUT2D eigenvalue weighted by Crippen LogP contribution is -2.41. The van der Waals surface area contributed by atoms with E-state index in [9.17, 15) is 10.1 Å². The maximum Gasteiger partial charge on any atom is 0.287 e. The molecule has 1 heterocycles. The largest absolute Gasteiger partial charge is 0.474 e. The molecule has 2 aliphatic carbocycles. The first kappa shape index (κ1) is 13.3. The maximum absolute atomic E-state index is 10.6. The van der Waals surface area contributed by atoms with Crippen molar-refractivity contribution in [3.05, 3.63) is 28.4 Å². The van der Waals surface area contributed by atoms with E-state index in [0.717, 1.165) is 18.8 Å². The zero-order valence-corrected chi connectivity index (χ0v) is 11.7. The van der Waals surface area contributed by atoms with Gasteiger partial charge in [0.1, 0.15) is 12.3 Å². The molecule has 108 valence electrons. The maximum atomic E-state index is 10.6. The molecule has 0 aromatic carbocycles. The highest BCUT2D eigenvalue weighted by Crippen LogP contribution is 2.54. The highest BCUT2D eigenvalue weighted by atomic mass is 16.6. The highest BCUT2D eigenvalue weighted by Gasteiger charge is 2.44. The molecule has 0 radical (unpaired) electrons. The zero-order valence-electron chi connectivity index (χ0n) is 11.7. The molecule has 0 atom stereocenters. The molecule has 20 heavy (non-hydrogen) atoms. The van der Waals surface area contributed by atoms with Crippen LogP contribution in [0.3, 0.4) is 0 Å². The standard InChI is InChI=1S/C15H20N2O3/c1-11-8-15(9-11)6-4-13(5-7-15)20-14-3-2-12(10-16-14)17(18)19/h2-3,10-11,13H,4-9H2,1H3. The minimum atomic E-state index is -0.446. The molecule has 5 heteroatoms. The zero-order chi connectivity index (χ0) is 14.2. The van der Waals surface area contributed by atoms with Crippen LogP contribution in [0.4, 0.5) is 5.69 Å². The van der Waals surface area contributed by atoms with Gasteiger partial charge in [0.25, 0.3) is 5.69 Å². The predicted molar refractivity (Wildman–Crippen MR) is 74.6 cm³/mol. The summed E-state index contributed by atoms with van der Waals surface area (Å²) >= 11 is 0. The first-order valence-electron chi connectivity index (χ1n) is 7.33. The smallest absolute Gasteiger partial charge is 0.287 e. The van der Waals surface area contributed by atoms with E-state index in [2.05, 4.69) is 11.9 Å². The lowest BCUT2D eigenvalue weighted by Gasteiger charge is -2.50. The van der Waals surface area contributed by atoms with Crippen LogP contribution >= 0.6 is 0 Å². The Balaban J connectivity index is 1.53. The Kier molecular flexibility index (Phi) is 3.36. The summed E-state index contributed by atoms with van der Waals surface area (Å²) in [6, 6.07) is 3.04. The fourth-order valence-electron chi connectivity index (χ4n) is 3.87. The summed E-state index contributed by atoms with van der Waals surface area (Å²) in [5.41, 5.74) is 0.603. The molecule has 1 spiro atoms. The summed E-state index contributed by atoms with van der Waals surface area (Å²) < 4.78 is 5.85. The van der Waals surface area contributed by atoms with E-state index in [4.69, 9.17) is 4.74 Å². The van der Waals surface area contributed by atoms with Crippen molar-refractivity contribution < 1.29 is 9.66 Å². The number of nitrogens with zero attached hydrogens (tertiary/aromatic N) is 2. The second-order valence-electron chi connectivity index (χ2n) is 6.44. The van der Waals surface area contributed by atoms with E-state index in [1.54, 1.807) is 6.07 Å². The topological polar surface area (TPSA) is 65.3 Å². The van der Waals surface area contributed by atoms with Crippen LogP contribution < -0.4 is 4.74 Å². The third-order valence-corrected chi connectivity index (χ3v) is 4.78. The summed E-state index contributed by atoms with van der Waals surface area (Å²) in [5, 5.41) is 10.6. The molecular weight excluding hydrogens is 256 g/mol. The van der Waals surface area contributed by atoms with E-state index in [1.165, 1.54) is 37.9 Å². The van der Waals surface area contributed by atoms with Crippen LogP contribution in [0.5, 0.6) is 5.88 Å². The monoisotopic (exact) mass is 276 g/mol. The number of rotatable bonds is 3. The van der Waals surface area contributed by atoms with Gasteiger partial charge in [-0.1, -0.05) is 6.92 Å². The molecule has 1 aromatic heterocycles.